The van der Waals surface area contributed by atoms with Crippen molar-refractivity contribution in [3.63, 3.8) is 0 Å². The molecule has 0 unspecified atom stereocenters. The molecule has 0 bridgehead atoms. The van der Waals surface area contributed by atoms with Crippen molar-refractivity contribution in [1.82, 2.24) is 15.1 Å². The first kappa shape index (κ1) is 12.2. The third-order valence-electron chi connectivity index (χ3n) is 3.39. The number of carbonyl (C=O) groups is 2. The fourth-order valence-electron chi connectivity index (χ4n) is 2.47. The Morgan fingerprint density at radius 3 is 2.71 bits per heavy atom. The molecule has 1 atom stereocenters. The average Bonchev–Trinajstić information content (AvgIpc) is 2.64. The van der Waals surface area contributed by atoms with Gasteiger partial charge >= 0.3 is 12.0 Å². The summed E-state index contributed by atoms with van der Waals surface area (Å²) in [5.41, 5.74) is 0. The molecular weight excluding hydrogens is 222 g/mol. The maximum atomic E-state index is 12.2. The lowest BCUT2D eigenvalue weighted by Crippen LogP contribution is -2.48. The molecule has 2 aliphatic heterocycles. The summed E-state index contributed by atoms with van der Waals surface area (Å²) in [4.78, 5) is 26.5. The summed E-state index contributed by atoms with van der Waals surface area (Å²) in [5.74, 6) is -0.885. The number of rotatable bonds is 1. The third kappa shape index (κ3) is 2.69. The van der Waals surface area contributed by atoms with E-state index >= 15 is 0 Å². The van der Waals surface area contributed by atoms with Gasteiger partial charge in [0.2, 0.25) is 0 Å². The highest BCUT2D eigenvalue weighted by Gasteiger charge is 2.36. The molecule has 96 valence electrons. The average molecular weight is 241 g/mol. The van der Waals surface area contributed by atoms with Gasteiger partial charge in [0.25, 0.3) is 0 Å². The van der Waals surface area contributed by atoms with E-state index in [1.807, 2.05) is 0 Å². The van der Waals surface area contributed by atoms with Crippen LogP contribution in [0.25, 0.3) is 0 Å². The van der Waals surface area contributed by atoms with E-state index in [9.17, 15) is 9.59 Å². The third-order valence-corrected chi connectivity index (χ3v) is 3.39. The van der Waals surface area contributed by atoms with Crippen LogP contribution < -0.4 is 5.32 Å². The zero-order chi connectivity index (χ0) is 12.3. The van der Waals surface area contributed by atoms with Crippen LogP contribution in [0.4, 0.5) is 4.79 Å². The second kappa shape index (κ2) is 5.35. The van der Waals surface area contributed by atoms with Crippen LogP contribution in [0.3, 0.4) is 0 Å². The number of nitrogens with zero attached hydrogens (tertiary/aromatic N) is 2. The van der Waals surface area contributed by atoms with E-state index < -0.39 is 12.0 Å². The Balaban J connectivity index is 2.00. The van der Waals surface area contributed by atoms with E-state index in [1.165, 1.54) is 4.90 Å². The van der Waals surface area contributed by atoms with Crippen molar-refractivity contribution in [2.24, 2.45) is 0 Å². The second-order valence-electron chi connectivity index (χ2n) is 4.56. The van der Waals surface area contributed by atoms with Gasteiger partial charge in [-0.1, -0.05) is 0 Å². The van der Waals surface area contributed by atoms with Crippen LogP contribution in [0.5, 0.6) is 0 Å². The molecule has 0 spiro atoms. The first-order valence-electron chi connectivity index (χ1n) is 6.19. The Bertz CT molecular complexity index is 300. The smallest absolute Gasteiger partial charge is 0.326 e. The number of aliphatic carboxylic acids is 1. The number of carbonyl (C=O) groups excluding carboxylic acids is 1. The highest BCUT2D eigenvalue weighted by molar-refractivity contribution is 5.83. The first-order valence-corrected chi connectivity index (χ1v) is 6.19. The largest absolute Gasteiger partial charge is 0.480 e. The Hall–Kier alpha value is -1.30. The Morgan fingerprint density at radius 2 is 1.94 bits per heavy atom. The SMILES string of the molecule is O=C(O)[C@@H]1CCCN1C(=O)N1CCCNCC1. The van der Waals surface area contributed by atoms with Gasteiger partial charge in [0.1, 0.15) is 6.04 Å². The number of nitrogens with one attached hydrogen (secondary N) is 1. The number of amides is 2. The van der Waals surface area contributed by atoms with Gasteiger partial charge in [-0.15, -0.1) is 0 Å². The van der Waals surface area contributed by atoms with Crippen molar-refractivity contribution in [2.45, 2.75) is 25.3 Å². The molecule has 6 heteroatoms. The minimum absolute atomic E-state index is 0.112. The molecule has 0 radical (unpaired) electrons. The van der Waals surface area contributed by atoms with Crippen LogP contribution in [0.2, 0.25) is 0 Å². The summed E-state index contributed by atoms with van der Waals surface area (Å²) in [6, 6.07) is -0.739. The maximum Gasteiger partial charge on any atom is 0.326 e. The molecule has 2 rings (SSSR count). The van der Waals surface area contributed by atoms with Gasteiger partial charge in [0.05, 0.1) is 0 Å². The van der Waals surface area contributed by atoms with Gasteiger partial charge in [-0.2, -0.15) is 0 Å². The van der Waals surface area contributed by atoms with Crippen LogP contribution in [0.15, 0.2) is 0 Å². The molecule has 0 aromatic heterocycles. The highest BCUT2D eigenvalue weighted by atomic mass is 16.4. The fourth-order valence-corrected chi connectivity index (χ4v) is 2.47. The molecule has 0 aromatic carbocycles. The predicted molar refractivity (Wildman–Crippen MR) is 61.8 cm³/mol. The number of carboxylic acid groups (broad SMARTS) is 1. The van der Waals surface area contributed by atoms with E-state index in [4.69, 9.17) is 5.11 Å². The summed E-state index contributed by atoms with van der Waals surface area (Å²) in [6.45, 7) is 3.67. The topological polar surface area (TPSA) is 72.9 Å². The minimum atomic E-state index is -0.885. The maximum absolute atomic E-state index is 12.2. The van der Waals surface area contributed by atoms with Gasteiger partial charge in [-0.05, 0) is 25.8 Å². The van der Waals surface area contributed by atoms with Gasteiger partial charge in [-0.25, -0.2) is 9.59 Å². The highest BCUT2D eigenvalue weighted by Crippen LogP contribution is 2.19. The van der Waals surface area contributed by atoms with E-state index in [-0.39, 0.29) is 6.03 Å². The normalized spacial score (nSPS) is 25.8. The Labute approximate surface area is 101 Å². The van der Waals surface area contributed by atoms with Crippen molar-refractivity contribution in [1.29, 1.82) is 0 Å². The molecule has 6 nitrogen and oxygen atoms in total. The number of hydrogen-bond acceptors (Lipinski definition) is 3. The van der Waals surface area contributed by atoms with Crippen molar-refractivity contribution in [3.8, 4) is 0 Å². The standard InChI is InChI=1S/C11H19N3O3/c15-10(16)9-3-1-7-14(9)11(17)13-6-2-4-12-5-8-13/h9,12H,1-8H2,(H,15,16)/t9-/m0/s1. The zero-order valence-corrected chi connectivity index (χ0v) is 9.89. The van der Waals surface area contributed by atoms with E-state index in [1.54, 1.807) is 4.90 Å². The van der Waals surface area contributed by atoms with Crippen LogP contribution in [0, 0.1) is 0 Å². The lowest BCUT2D eigenvalue weighted by atomic mass is 10.2. The summed E-state index contributed by atoms with van der Waals surface area (Å²) >= 11 is 0. The van der Waals surface area contributed by atoms with E-state index in [0.717, 1.165) is 25.9 Å². The molecule has 2 amide bonds. The Kier molecular flexibility index (Phi) is 3.83. The predicted octanol–water partition coefficient (Wildman–Crippen LogP) is -0.0493. The summed E-state index contributed by atoms with van der Waals surface area (Å²) in [7, 11) is 0. The van der Waals surface area contributed by atoms with Gasteiger partial charge < -0.3 is 20.2 Å². The fraction of sp³-hybridized carbons (Fsp3) is 0.818. The molecule has 2 saturated heterocycles. The van der Waals surface area contributed by atoms with Crippen LogP contribution >= 0.6 is 0 Å². The number of likely N-dealkylation sites (tertiary alicyclic amines) is 1. The molecule has 17 heavy (non-hydrogen) atoms. The molecule has 0 aliphatic carbocycles. The minimum Gasteiger partial charge on any atom is -0.480 e. The zero-order valence-electron chi connectivity index (χ0n) is 9.89. The monoisotopic (exact) mass is 241 g/mol. The number of hydrogen-bond donors (Lipinski definition) is 2. The molecular formula is C11H19N3O3. The van der Waals surface area contributed by atoms with Gasteiger partial charge in [0, 0.05) is 26.2 Å². The molecule has 0 saturated carbocycles. The summed E-state index contributed by atoms with van der Waals surface area (Å²) in [6.07, 6.45) is 2.29. The molecule has 2 heterocycles. The van der Waals surface area contributed by atoms with Crippen molar-refractivity contribution < 1.29 is 14.7 Å². The van der Waals surface area contributed by atoms with Crippen LogP contribution in [-0.2, 0) is 4.79 Å². The van der Waals surface area contributed by atoms with Crippen molar-refractivity contribution in [2.75, 3.05) is 32.7 Å². The van der Waals surface area contributed by atoms with E-state index in [2.05, 4.69) is 5.32 Å². The van der Waals surface area contributed by atoms with Crippen LogP contribution in [0.1, 0.15) is 19.3 Å². The molecule has 2 aliphatic rings. The van der Waals surface area contributed by atoms with Gasteiger partial charge in [-0.3, -0.25) is 0 Å². The van der Waals surface area contributed by atoms with E-state index in [0.29, 0.717) is 26.1 Å². The molecule has 2 fully saturated rings. The lowest BCUT2D eigenvalue weighted by molar-refractivity contribution is -0.141. The lowest BCUT2D eigenvalue weighted by Gasteiger charge is -2.29. The van der Waals surface area contributed by atoms with Gasteiger partial charge in [0.15, 0.2) is 0 Å². The second-order valence-corrected chi connectivity index (χ2v) is 4.56. The Morgan fingerprint density at radius 1 is 1.12 bits per heavy atom. The van der Waals surface area contributed by atoms with Crippen LogP contribution in [-0.4, -0.2) is 65.7 Å². The number of urea groups is 1. The number of carboxylic acids is 1. The molecule has 0 aromatic rings. The summed E-state index contributed by atoms with van der Waals surface area (Å²) < 4.78 is 0. The first-order chi connectivity index (χ1) is 8.20. The molecule has 2 N–H and O–H groups in total. The van der Waals surface area contributed by atoms with Crippen molar-refractivity contribution >= 4 is 12.0 Å². The van der Waals surface area contributed by atoms with Crippen molar-refractivity contribution in [3.05, 3.63) is 0 Å². The quantitative estimate of drug-likeness (QED) is 0.675. The summed E-state index contributed by atoms with van der Waals surface area (Å²) in [5, 5.41) is 12.3.